The smallest absolute Gasteiger partial charge is 0.0730 e. The third kappa shape index (κ3) is 6.85. The Morgan fingerprint density at radius 2 is 1.35 bits per heavy atom. The number of rotatable bonds is 12. The molecule has 7 heteroatoms. The Kier molecular flexibility index (Phi) is 10.9. The third-order valence-corrected chi connectivity index (χ3v) is 7.08. The van der Waals surface area contributed by atoms with E-state index in [0.29, 0.717) is 11.8 Å². The minimum Gasteiger partial charge on any atom is -0.384 e. The zero-order valence-electron chi connectivity index (χ0n) is 19.1. The van der Waals surface area contributed by atoms with Gasteiger partial charge in [-0.1, -0.05) is 36.4 Å². The molecule has 180 valence electrons. The van der Waals surface area contributed by atoms with Gasteiger partial charge in [-0.25, -0.2) is 4.98 Å². The zero-order valence-corrected chi connectivity index (χ0v) is 22.2. The van der Waals surface area contributed by atoms with Crippen LogP contribution >= 0.6 is 47.4 Å². The predicted molar refractivity (Wildman–Crippen MR) is 155 cm³/mol. The van der Waals surface area contributed by atoms with Gasteiger partial charge in [0.25, 0.3) is 0 Å². The summed E-state index contributed by atoms with van der Waals surface area (Å²) in [6, 6.07) is 25.5. The summed E-state index contributed by atoms with van der Waals surface area (Å²) < 4.78 is 0. The third-order valence-electron chi connectivity index (χ3n) is 5.64. The first-order valence-electron chi connectivity index (χ1n) is 11.4. The molecule has 4 rings (SSSR count). The Balaban J connectivity index is 0.00000324. The number of unbranched alkanes of at least 4 members (excludes halogenated alkanes) is 1. The number of nitrogens with one attached hydrogen (secondary N) is 1. The molecular weight excluding hydrogens is 505 g/mol. The number of thioether (sulfide) groups is 1. The molecule has 0 bridgehead atoms. The largest absolute Gasteiger partial charge is 0.384 e. The zero-order chi connectivity index (χ0) is 22.9. The summed E-state index contributed by atoms with van der Waals surface area (Å²) in [5, 5.41) is 6.06. The van der Waals surface area contributed by atoms with Crippen LogP contribution in [0.4, 0.5) is 11.4 Å². The van der Waals surface area contributed by atoms with E-state index in [2.05, 4.69) is 70.9 Å². The summed E-state index contributed by atoms with van der Waals surface area (Å²) in [6.07, 6.45) is 2.28. The molecule has 0 aliphatic heterocycles. The van der Waals surface area contributed by atoms with Crippen LogP contribution in [0.2, 0.25) is 0 Å². The molecule has 4 aromatic rings. The highest BCUT2D eigenvalue weighted by molar-refractivity contribution is 7.99. The summed E-state index contributed by atoms with van der Waals surface area (Å²) in [5.41, 5.74) is 4.45. The minimum absolute atomic E-state index is 0. The average Bonchev–Trinajstić information content (AvgIpc) is 2.86. The maximum absolute atomic E-state index is 5.92. The van der Waals surface area contributed by atoms with Crippen LogP contribution in [0, 0.1) is 0 Å². The van der Waals surface area contributed by atoms with Gasteiger partial charge in [0.15, 0.2) is 0 Å². The summed E-state index contributed by atoms with van der Waals surface area (Å²) >= 11 is 13.8. The van der Waals surface area contributed by atoms with Gasteiger partial charge in [-0.15, -0.1) is 47.4 Å². The van der Waals surface area contributed by atoms with Crippen molar-refractivity contribution in [2.24, 2.45) is 0 Å². The number of nitrogens with zero attached hydrogens (tertiary/aromatic N) is 2. The van der Waals surface area contributed by atoms with E-state index in [1.165, 1.54) is 27.0 Å². The standard InChI is InChI=1S/C27H29Cl2N3S.ClH/c28-15-18-32(19-16-29)21-11-13-22(14-12-21)33-20-6-5-17-30-27-23-7-1-3-9-25(23)31-26-10-4-2-8-24(26)27;/h1-4,7-14H,5-6,15-20H2,(H,30,31);1H. The lowest BCUT2D eigenvalue weighted by molar-refractivity contribution is 0.844. The van der Waals surface area contributed by atoms with Crippen molar-refractivity contribution < 1.29 is 0 Å². The van der Waals surface area contributed by atoms with Crippen LogP contribution < -0.4 is 10.2 Å². The number of hydrogen-bond acceptors (Lipinski definition) is 4. The van der Waals surface area contributed by atoms with Gasteiger partial charge in [0.05, 0.1) is 16.7 Å². The molecule has 1 aromatic heterocycles. The molecule has 1 heterocycles. The van der Waals surface area contributed by atoms with Crippen molar-refractivity contribution in [2.75, 3.05) is 47.4 Å². The molecule has 0 saturated heterocycles. The van der Waals surface area contributed by atoms with Crippen LogP contribution in [-0.4, -0.2) is 42.1 Å². The first kappa shape index (κ1) is 26.7. The maximum atomic E-state index is 5.92. The first-order valence-corrected chi connectivity index (χ1v) is 13.5. The van der Waals surface area contributed by atoms with Gasteiger partial charge < -0.3 is 10.2 Å². The highest BCUT2D eigenvalue weighted by atomic mass is 35.5. The van der Waals surface area contributed by atoms with Crippen molar-refractivity contribution >= 4 is 80.6 Å². The van der Waals surface area contributed by atoms with Gasteiger partial charge >= 0.3 is 0 Å². The van der Waals surface area contributed by atoms with E-state index >= 15 is 0 Å². The molecule has 0 aliphatic carbocycles. The van der Waals surface area contributed by atoms with Crippen molar-refractivity contribution in [3.05, 3.63) is 72.8 Å². The molecule has 1 N–H and O–H groups in total. The maximum Gasteiger partial charge on any atom is 0.0730 e. The fourth-order valence-corrected chi connectivity index (χ4v) is 5.31. The van der Waals surface area contributed by atoms with Gasteiger partial charge in [-0.05, 0) is 55.0 Å². The Bertz CT molecular complexity index is 1110. The second-order valence-corrected chi connectivity index (χ2v) is 9.79. The van der Waals surface area contributed by atoms with E-state index in [-0.39, 0.29) is 12.4 Å². The number of para-hydroxylation sites is 2. The predicted octanol–water partition coefficient (Wildman–Crippen LogP) is 8.08. The normalized spacial score (nSPS) is 10.9. The minimum atomic E-state index is 0. The van der Waals surface area contributed by atoms with Gasteiger partial charge in [0.2, 0.25) is 0 Å². The Morgan fingerprint density at radius 1 is 0.765 bits per heavy atom. The molecule has 3 aromatic carbocycles. The SMILES string of the molecule is Cl.ClCCN(CCCl)c1ccc(SCCCCNc2c3ccccc3nc3ccccc23)cc1. The molecule has 0 saturated carbocycles. The lowest BCUT2D eigenvalue weighted by Gasteiger charge is -2.23. The number of anilines is 2. The van der Waals surface area contributed by atoms with Crippen molar-refractivity contribution in [3.63, 3.8) is 0 Å². The average molecular weight is 535 g/mol. The Labute approximate surface area is 222 Å². The van der Waals surface area contributed by atoms with E-state index in [9.17, 15) is 0 Å². The van der Waals surface area contributed by atoms with Gasteiger partial charge in [-0.2, -0.15) is 0 Å². The number of hydrogen-bond donors (Lipinski definition) is 1. The topological polar surface area (TPSA) is 28.2 Å². The summed E-state index contributed by atoms with van der Waals surface area (Å²) in [4.78, 5) is 8.34. The van der Waals surface area contributed by atoms with Crippen molar-refractivity contribution in [3.8, 4) is 0 Å². The molecule has 0 aliphatic rings. The molecule has 34 heavy (non-hydrogen) atoms. The lowest BCUT2D eigenvalue weighted by atomic mass is 10.1. The van der Waals surface area contributed by atoms with Gasteiger partial charge in [0, 0.05) is 52.7 Å². The van der Waals surface area contributed by atoms with Crippen molar-refractivity contribution in [1.82, 2.24) is 4.98 Å². The van der Waals surface area contributed by atoms with Crippen molar-refractivity contribution in [2.45, 2.75) is 17.7 Å². The van der Waals surface area contributed by atoms with E-state index in [0.717, 1.165) is 49.3 Å². The van der Waals surface area contributed by atoms with Crippen LogP contribution in [0.3, 0.4) is 0 Å². The van der Waals surface area contributed by atoms with Gasteiger partial charge in [0.1, 0.15) is 0 Å². The quantitative estimate of drug-likeness (QED) is 0.0860. The van der Waals surface area contributed by atoms with Crippen LogP contribution in [0.1, 0.15) is 12.8 Å². The lowest BCUT2D eigenvalue weighted by Crippen LogP contribution is -2.27. The fourth-order valence-electron chi connectivity index (χ4n) is 3.99. The molecule has 0 spiro atoms. The Morgan fingerprint density at radius 3 is 1.94 bits per heavy atom. The van der Waals surface area contributed by atoms with Crippen LogP contribution in [0.5, 0.6) is 0 Å². The number of pyridine rings is 1. The summed E-state index contributed by atoms with van der Waals surface area (Å²) in [6.45, 7) is 2.58. The summed E-state index contributed by atoms with van der Waals surface area (Å²) in [5.74, 6) is 2.31. The van der Waals surface area contributed by atoms with Crippen LogP contribution in [0.15, 0.2) is 77.7 Å². The van der Waals surface area contributed by atoms with E-state index in [1.54, 1.807) is 0 Å². The van der Waals surface area contributed by atoms with Crippen LogP contribution in [-0.2, 0) is 0 Å². The van der Waals surface area contributed by atoms with E-state index in [1.807, 2.05) is 23.9 Å². The molecule has 0 radical (unpaired) electrons. The number of halogens is 3. The monoisotopic (exact) mass is 533 g/mol. The molecule has 0 atom stereocenters. The molecule has 3 nitrogen and oxygen atoms in total. The second kappa shape index (κ2) is 13.9. The summed E-state index contributed by atoms with van der Waals surface area (Å²) in [7, 11) is 0. The highest BCUT2D eigenvalue weighted by Crippen LogP contribution is 2.30. The van der Waals surface area contributed by atoms with Crippen LogP contribution in [0.25, 0.3) is 21.8 Å². The van der Waals surface area contributed by atoms with E-state index < -0.39 is 0 Å². The van der Waals surface area contributed by atoms with Gasteiger partial charge in [-0.3, -0.25) is 0 Å². The molecule has 0 amide bonds. The second-order valence-electron chi connectivity index (χ2n) is 7.86. The van der Waals surface area contributed by atoms with E-state index in [4.69, 9.17) is 28.2 Å². The number of alkyl halides is 2. The molecular formula is C27H30Cl3N3S. The first-order chi connectivity index (χ1) is 16.3. The molecule has 0 unspecified atom stereocenters. The van der Waals surface area contributed by atoms with Crippen molar-refractivity contribution in [1.29, 1.82) is 0 Å². The number of benzene rings is 3. The fraction of sp³-hybridized carbons (Fsp3) is 0.296. The highest BCUT2D eigenvalue weighted by Gasteiger charge is 2.08. The number of fused-ring (bicyclic) bond motifs is 2. The Hall–Kier alpha value is -1.85. The number of aromatic nitrogens is 1. The molecule has 0 fully saturated rings.